The SMILES string of the molecule is CCOc1ccc(S(=O)(=O)NNC(=O)c2ccc(C)c(C)c2)cc1. The van der Waals surface area contributed by atoms with E-state index >= 15 is 0 Å². The zero-order valence-electron chi connectivity index (χ0n) is 13.8. The molecule has 0 spiro atoms. The van der Waals surface area contributed by atoms with Crippen LogP contribution in [0.25, 0.3) is 0 Å². The van der Waals surface area contributed by atoms with Crippen molar-refractivity contribution in [2.45, 2.75) is 25.7 Å². The van der Waals surface area contributed by atoms with Crippen molar-refractivity contribution < 1.29 is 17.9 Å². The van der Waals surface area contributed by atoms with E-state index in [2.05, 4.69) is 10.3 Å². The molecule has 7 heteroatoms. The number of amides is 1. The number of hydrogen-bond donors (Lipinski definition) is 2. The first-order valence-corrected chi connectivity index (χ1v) is 8.94. The average molecular weight is 348 g/mol. The summed E-state index contributed by atoms with van der Waals surface area (Å²) in [6, 6.07) is 11.1. The van der Waals surface area contributed by atoms with E-state index in [1.807, 2.05) is 26.8 Å². The summed E-state index contributed by atoms with van der Waals surface area (Å²) in [6.07, 6.45) is 0. The second-order valence-electron chi connectivity index (χ2n) is 5.26. The first-order valence-electron chi connectivity index (χ1n) is 7.46. The van der Waals surface area contributed by atoms with Crippen molar-refractivity contribution >= 4 is 15.9 Å². The molecule has 2 aromatic carbocycles. The Kier molecular flexibility index (Phi) is 5.58. The number of rotatable bonds is 6. The van der Waals surface area contributed by atoms with Gasteiger partial charge in [-0.1, -0.05) is 6.07 Å². The van der Waals surface area contributed by atoms with E-state index < -0.39 is 15.9 Å². The molecule has 2 rings (SSSR count). The highest BCUT2D eigenvalue weighted by atomic mass is 32.2. The van der Waals surface area contributed by atoms with Crippen LogP contribution in [0.5, 0.6) is 5.75 Å². The minimum atomic E-state index is -3.85. The van der Waals surface area contributed by atoms with Crippen molar-refractivity contribution in [3.63, 3.8) is 0 Å². The van der Waals surface area contributed by atoms with E-state index in [1.54, 1.807) is 24.3 Å². The molecule has 0 aliphatic carbocycles. The summed E-state index contributed by atoms with van der Waals surface area (Å²) >= 11 is 0. The fourth-order valence-electron chi connectivity index (χ4n) is 2.01. The molecule has 2 aromatic rings. The number of carbonyl (C=O) groups excluding carboxylic acids is 1. The average Bonchev–Trinajstić information content (AvgIpc) is 2.56. The Morgan fingerprint density at radius 2 is 1.71 bits per heavy atom. The van der Waals surface area contributed by atoms with Gasteiger partial charge in [-0.3, -0.25) is 10.2 Å². The highest BCUT2D eigenvalue weighted by Gasteiger charge is 2.16. The third kappa shape index (κ3) is 4.33. The van der Waals surface area contributed by atoms with E-state index in [9.17, 15) is 13.2 Å². The summed E-state index contributed by atoms with van der Waals surface area (Å²) in [6.45, 7) is 6.16. The number of carbonyl (C=O) groups is 1. The van der Waals surface area contributed by atoms with E-state index in [4.69, 9.17) is 4.74 Å². The van der Waals surface area contributed by atoms with Gasteiger partial charge in [0.05, 0.1) is 11.5 Å². The van der Waals surface area contributed by atoms with Crippen molar-refractivity contribution in [3.8, 4) is 5.75 Å². The quantitative estimate of drug-likeness (QED) is 0.785. The Morgan fingerprint density at radius 3 is 2.29 bits per heavy atom. The standard InChI is InChI=1S/C17H20N2O4S/c1-4-23-15-7-9-16(10-8-15)24(21,22)19-18-17(20)14-6-5-12(2)13(3)11-14/h5-11,19H,4H2,1-3H3,(H,18,20). The molecule has 0 bridgehead atoms. The molecule has 1 amide bonds. The summed E-state index contributed by atoms with van der Waals surface area (Å²) < 4.78 is 29.6. The predicted molar refractivity (Wildman–Crippen MR) is 91.3 cm³/mol. The highest BCUT2D eigenvalue weighted by molar-refractivity contribution is 7.89. The molecule has 0 saturated heterocycles. The number of hydrogen-bond acceptors (Lipinski definition) is 4. The van der Waals surface area contributed by atoms with Gasteiger partial charge in [-0.2, -0.15) is 0 Å². The normalized spacial score (nSPS) is 11.1. The number of benzene rings is 2. The summed E-state index contributed by atoms with van der Waals surface area (Å²) in [5.74, 6) is 0.0585. The van der Waals surface area contributed by atoms with Crippen LogP contribution in [-0.4, -0.2) is 20.9 Å². The maximum Gasteiger partial charge on any atom is 0.266 e. The van der Waals surface area contributed by atoms with Crippen molar-refractivity contribution in [2.24, 2.45) is 0 Å². The molecule has 0 unspecified atom stereocenters. The molecule has 0 aromatic heterocycles. The van der Waals surface area contributed by atoms with Crippen LogP contribution in [0, 0.1) is 13.8 Å². The molecule has 0 heterocycles. The van der Waals surface area contributed by atoms with Crippen LogP contribution < -0.4 is 15.0 Å². The van der Waals surface area contributed by atoms with Crippen molar-refractivity contribution in [1.29, 1.82) is 0 Å². The lowest BCUT2D eigenvalue weighted by atomic mass is 10.1. The van der Waals surface area contributed by atoms with Crippen LogP contribution in [0.4, 0.5) is 0 Å². The van der Waals surface area contributed by atoms with Gasteiger partial charge in [0.1, 0.15) is 5.75 Å². The number of aryl methyl sites for hydroxylation is 2. The third-order valence-corrected chi connectivity index (χ3v) is 4.78. The van der Waals surface area contributed by atoms with Gasteiger partial charge in [0.25, 0.3) is 15.9 Å². The Labute approximate surface area is 141 Å². The predicted octanol–water partition coefficient (Wildman–Crippen LogP) is 2.33. The molecule has 0 aliphatic rings. The highest BCUT2D eigenvalue weighted by Crippen LogP contribution is 2.15. The lowest BCUT2D eigenvalue weighted by molar-refractivity contribution is 0.0945. The lowest BCUT2D eigenvalue weighted by Crippen LogP contribution is -2.41. The van der Waals surface area contributed by atoms with Crippen LogP contribution in [0.2, 0.25) is 0 Å². The summed E-state index contributed by atoms with van der Waals surface area (Å²) in [4.78, 5) is 14.2. The molecular weight excluding hydrogens is 328 g/mol. The second-order valence-corrected chi connectivity index (χ2v) is 6.95. The largest absolute Gasteiger partial charge is 0.494 e. The van der Waals surface area contributed by atoms with Crippen molar-refractivity contribution in [2.75, 3.05) is 6.61 Å². The Morgan fingerprint density at radius 1 is 1.04 bits per heavy atom. The van der Waals surface area contributed by atoms with Gasteiger partial charge in [-0.05, 0) is 68.3 Å². The van der Waals surface area contributed by atoms with Gasteiger partial charge in [-0.15, -0.1) is 4.83 Å². The molecule has 0 atom stereocenters. The molecule has 0 fully saturated rings. The Bertz CT molecular complexity index is 830. The molecule has 0 aliphatic heterocycles. The minimum Gasteiger partial charge on any atom is -0.494 e. The fraction of sp³-hybridized carbons (Fsp3) is 0.235. The smallest absolute Gasteiger partial charge is 0.266 e. The van der Waals surface area contributed by atoms with Crippen LogP contribution >= 0.6 is 0 Å². The maximum atomic E-state index is 12.2. The molecule has 6 nitrogen and oxygen atoms in total. The van der Waals surface area contributed by atoms with E-state index in [1.165, 1.54) is 12.1 Å². The molecule has 0 saturated carbocycles. The Hall–Kier alpha value is -2.38. The van der Waals surface area contributed by atoms with Crippen LogP contribution in [0.1, 0.15) is 28.4 Å². The zero-order chi connectivity index (χ0) is 17.7. The van der Waals surface area contributed by atoms with Gasteiger partial charge < -0.3 is 4.74 Å². The molecule has 2 N–H and O–H groups in total. The monoisotopic (exact) mass is 348 g/mol. The number of ether oxygens (including phenoxy) is 1. The maximum absolute atomic E-state index is 12.2. The molecular formula is C17H20N2O4S. The van der Waals surface area contributed by atoms with E-state index in [0.29, 0.717) is 17.9 Å². The van der Waals surface area contributed by atoms with Crippen LogP contribution in [0.3, 0.4) is 0 Å². The number of sulfonamides is 1. The number of hydrazine groups is 1. The lowest BCUT2D eigenvalue weighted by Gasteiger charge is -2.10. The Balaban J connectivity index is 2.06. The summed E-state index contributed by atoms with van der Waals surface area (Å²) in [5.41, 5.74) is 4.61. The van der Waals surface area contributed by atoms with Crippen LogP contribution in [0.15, 0.2) is 47.4 Å². The summed E-state index contributed by atoms with van der Waals surface area (Å²) in [5, 5.41) is 0. The summed E-state index contributed by atoms with van der Waals surface area (Å²) in [7, 11) is -3.85. The third-order valence-electron chi connectivity index (χ3n) is 3.51. The van der Waals surface area contributed by atoms with Gasteiger partial charge >= 0.3 is 0 Å². The van der Waals surface area contributed by atoms with Gasteiger partial charge in [0.2, 0.25) is 0 Å². The first kappa shape index (κ1) is 18.0. The number of nitrogens with one attached hydrogen (secondary N) is 2. The van der Waals surface area contributed by atoms with E-state index in [-0.39, 0.29) is 4.90 Å². The van der Waals surface area contributed by atoms with Crippen molar-refractivity contribution in [3.05, 3.63) is 59.2 Å². The molecule has 24 heavy (non-hydrogen) atoms. The van der Waals surface area contributed by atoms with Gasteiger partial charge in [-0.25, -0.2) is 8.42 Å². The first-order chi connectivity index (χ1) is 11.3. The fourth-order valence-corrected chi connectivity index (χ4v) is 2.85. The minimum absolute atomic E-state index is 0.0336. The molecule has 128 valence electrons. The van der Waals surface area contributed by atoms with Gasteiger partial charge in [0.15, 0.2) is 0 Å². The topological polar surface area (TPSA) is 84.5 Å². The van der Waals surface area contributed by atoms with Crippen molar-refractivity contribution in [1.82, 2.24) is 10.3 Å². The van der Waals surface area contributed by atoms with Crippen LogP contribution in [-0.2, 0) is 10.0 Å². The molecule has 0 radical (unpaired) electrons. The van der Waals surface area contributed by atoms with E-state index in [0.717, 1.165) is 11.1 Å². The van der Waals surface area contributed by atoms with Gasteiger partial charge in [0, 0.05) is 5.56 Å². The second kappa shape index (κ2) is 7.46. The zero-order valence-corrected chi connectivity index (χ0v) is 14.6.